The van der Waals surface area contributed by atoms with E-state index in [2.05, 4.69) is 10.3 Å². The number of nitrogens with one attached hydrogen (secondary N) is 1. The van der Waals surface area contributed by atoms with E-state index in [4.69, 9.17) is 28.9 Å². The molecule has 3 N–H and O–H groups in total. The van der Waals surface area contributed by atoms with Crippen LogP contribution in [0.2, 0.25) is 10.0 Å². The quantitative estimate of drug-likeness (QED) is 0.726. The van der Waals surface area contributed by atoms with Crippen molar-refractivity contribution in [1.29, 1.82) is 0 Å². The van der Waals surface area contributed by atoms with Crippen molar-refractivity contribution in [2.24, 2.45) is 0 Å². The number of hydrogen-bond donors (Lipinski definition) is 2. The molecule has 0 atom stereocenters. The maximum Gasteiger partial charge on any atom is 0.267 e. The monoisotopic (exact) mass is 337 g/mol. The van der Waals surface area contributed by atoms with Gasteiger partial charge in [-0.25, -0.2) is 4.98 Å². The van der Waals surface area contributed by atoms with Crippen molar-refractivity contribution in [3.8, 4) is 0 Å². The Hall–Kier alpha value is -1.82. The van der Waals surface area contributed by atoms with Gasteiger partial charge in [0.1, 0.15) is 9.71 Å². The average molecular weight is 338 g/mol. The Morgan fingerprint density at radius 3 is 2.81 bits per heavy atom. The normalized spacial score (nSPS) is 10.8. The molecule has 0 radical (unpaired) electrons. The predicted octanol–water partition coefficient (Wildman–Crippen LogP) is 4.44. The largest absolute Gasteiger partial charge is 0.397 e. The lowest BCUT2D eigenvalue weighted by Gasteiger charge is -2.04. The number of benzene rings is 1. The molecular weight excluding hydrogens is 329 g/mol. The molecule has 0 bridgehead atoms. The van der Waals surface area contributed by atoms with Crippen molar-refractivity contribution in [2.45, 2.75) is 0 Å². The topological polar surface area (TPSA) is 68.0 Å². The molecule has 0 saturated carbocycles. The number of carbonyl (C=O) groups is 1. The average Bonchev–Trinajstić information content (AvgIpc) is 2.76. The number of halogens is 2. The fourth-order valence-electron chi connectivity index (χ4n) is 1.90. The SMILES string of the molecule is Nc1c(C(=O)Nc2cccc(Cl)c2)sc2ncc(Cl)cc12. The molecule has 2 heterocycles. The highest BCUT2D eigenvalue weighted by Crippen LogP contribution is 2.34. The van der Waals surface area contributed by atoms with Gasteiger partial charge in [0.2, 0.25) is 0 Å². The van der Waals surface area contributed by atoms with Gasteiger partial charge in [-0.3, -0.25) is 4.79 Å². The smallest absolute Gasteiger partial charge is 0.267 e. The molecule has 2 aromatic heterocycles. The highest BCUT2D eigenvalue weighted by Gasteiger charge is 2.17. The number of anilines is 2. The first-order chi connectivity index (χ1) is 10.0. The Balaban J connectivity index is 1.96. The number of nitrogens with two attached hydrogens (primary N) is 1. The molecule has 21 heavy (non-hydrogen) atoms. The summed E-state index contributed by atoms with van der Waals surface area (Å²) in [5.41, 5.74) is 7.00. The second-order valence-corrected chi connectivity index (χ2v) is 6.19. The zero-order valence-corrected chi connectivity index (χ0v) is 12.9. The molecule has 0 aliphatic rings. The summed E-state index contributed by atoms with van der Waals surface area (Å²) in [6, 6.07) is 8.61. The number of rotatable bonds is 2. The molecule has 0 aliphatic heterocycles. The lowest BCUT2D eigenvalue weighted by atomic mass is 10.2. The molecule has 3 rings (SSSR count). The van der Waals surface area contributed by atoms with Crippen LogP contribution in [0.1, 0.15) is 9.67 Å². The van der Waals surface area contributed by atoms with Crippen molar-refractivity contribution in [1.82, 2.24) is 4.98 Å². The van der Waals surface area contributed by atoms with E-state index in [1.165, 1.54) is 17.5 Å². The third-order valence-corrected chi connectivity index (χ3v) is 4.41. The Morgan fingerprint density at radius 2 is 2.05 bits per heavy atom. The van der Waals surface area contributed by atoms with Crippen molar-refractivity contribution in [3.63, 3.8) is 0 Å². The Kier molecular flexibility index (Phi) is 3.71. The van der Waals surface area contributed by atoms with E-state index in [1.54, 1.807) is 30.3 Å². The Morgan fingerprint density at radius 1 is 1.24 bits per heavy atom. The van der Waals surface area contributed by atoms with Crippen molar-refractivity contribution in [2.75, 3.05) is 11.1 Å². The maximum absolute atomic E-state index is 12.3. The number of amides is 1. The van der Waals surface area contributed by atoms with Crippen LogP contribution in [-0.4, -0.2) is 10.9 Å². The first kappa shape index (κ1) is 14.1. The van der Waals surface area contributed by atoms with Crippen molar-refractivity contribution < 1.29 is 4.79 Å². The summed E-state index contributed by atoms with van der Waals surface area (Å²) in [6.45, 7) is 0. The molecular formula is C14H9Cl2N3OS. The molecule has 3 aromatic rings. The van der Waals surface area contributed by atoms with Crippen LogP contribution in [0.15, 0.2) is 36.5 Å². The molecule has 0 fully saturated rings. The summed E-state index contributed by atoms with van der Waals surface area (Å²) in [7, 11) is 0. The summed E-state index contributed by atoms with van der Waals surface area (Å²) in [6.07, 6.45) is 1.53. The van der Waals surface area contributed by atoms with E-state index in [9.17, 15) is 4.79 Å². The van der Waals surface area contributed by atoms with Gasteiger partial charge in [-0.2, -0.15) is 0 Å². The predicted molar refractivity (Wildman–Crippen MR) is 88.4 cm³/mol. The van der Waals surface area contributed by atoms with E-state index in [-0.39, 0.29) is 5.91 Å². The molecule has 0 aliphatic carbocycles. The summed E-state index contributed by atoms with van der Waals surface area (Å²) in [5.74, 6) is -0.297. The molecule has 1 amide bonds. The van der Waals surface area contributed by atoms with E-state index in [0.29, 0.717) is 36.5 Å². The molecule has 0 spiro atoms. The van der Waals surface area contributed by atoms with E-state index >= 15 is 0 Å². The number of carbonyl (C=O) groups excluding carboxylic acids is 1. The van der Waals surface area contributed by atoms with E-state index in [1.807, 2.05) is 0 Å². The minimum atomic E-state index is -0.297. The highest BCUT2D eigenvalue weighted by molar-refractivity contribution is 7.21. The summed E-state index contributed by atoms with van der Waals surface area (Å²) < 4.78 is 0. The Bertz CT molecular complexity index is 847. The molecule has 7 heteroatoms. The second-order valence-electron chi connectivity index (χ2n) is 4.32. The number of hydrogen-bond acceptors (Lipinski definition) is 4. The van der Waals surface area contributed by atoms with Crippen LogP contribution in [0.5, 0.6) is 0 Å². The number of nitrogens with zero attached hydrogens (tertiary/aromatic N) is 1. The molecule has 1 aromatic carbocycles. The molecule has 0 unspecified atom stereocenters. The van der Waals surface area contributed by atoms with Gasteiger partial charge in [0.25, 0.3) is 5.91 Å². The van der Waals surface area contributed by atoms with Gasteiger partial charge in [-0.1, -0.05) is 29.3 Å². The van der Waals surface area contributed by atoms with Crippen LogP contribution >= 0.6 is 34.5 Å². The van der Waals surface area contributed by atoms with Crippen LogP contribution < -0.4 is 11.1 Å². The van der Waals surface area contributed by atoms with Gasteiger partial charge in [0, 0.05) is 22.3 Å². The Labute approximate surface area is 134 Å². The van der Waals surface area contributed by atoms with Gasteiger partial charge in [0.15, 0.2) is 0 Å². The zero-order chi connectivity index (χ0) is 15.0. The number of nitrogen functional groups attached to an aromatic ring is 1. The summed E-state index contributed by atoms with van der Waals surface area (Å²) in [5, 5.41) is 4.47. The van der Waals surface area contributed by atoms with Gasteiger partial charge in [-0.05, 0) is 24.3 Å². The van der Waals surface area contributed by atoms with Gasteiger partial charge in [0.05, 0.1) is 10.7 Å². The van der Waals surface area contributed by atoms with Crippen LogP contribution in [0.3, 0.4) is 0 Å². The number of aromatic nitrogens is 1. The van der Waals surface area contributed by atoms with Gasteiger partial charge >= 0.3 is 0 Å². The minimum Gasteiger partial charge on any atom is -0.397 e. The van der Waals surface area contributed by atoms with Crippen LogP contribution in [-0.2, 0) is 0 Å². The summed E-state index contributed by atoms with van der Waals surface area (Å²) >= 11 is 13.0. The van der Waals surface area contributed by atoms with E-state index < -0.39 is 0 Å². The first-order valence-electron chi connectivity index (χ1n) is 5.95. The standard InChI is InChI=1S/C14H9Cl2N3OS/c15-7-2-1-3-9(4-7)19-13(20)12-11(17)10-5-8(16)6-18-14(10)21-12/h1-6H,17H2,(H,19,20). The van der Waals surface area contributed by atoms with Crippen LogP contribution in [0, 0.1) is 0 Å². The lowest BCUT2D eigenvalue weighted by Crippen LogP contribution is -2.11. The van der Waals surface area contributed by atoms with Crippen molar-refractivity contribution in [3.05, 3.63) is 51.5 Å². The van der Waals surface area contributed by atoms with Gasteiger partial charge < -0.3 is 11.1 Å². The number of pyridine rings is 1. The minimum absolute atomic E-state index is 0.297. The maximum atomic E-state index is 12.3. The van der Waals surface area contributed by atoms with Crippen molar-refractivity contribution >= 4 is 62.0 Å². The lowest BCUT2D eigenvalue weighted by molar-refractivity contribution is 0.103. The second kappa shape index (κ2) is 5.52. The van der Waals surface area contributed by atoms with E-state index in [0.717, 1.165) is 0 Å². The zero-order valence-electron chi connectivity index (χ0n) is 10.6. The fourth-order valence-corrected chi connectivity index (χ4v) is 3.19. The molecule has 0 saturated heterocycles. The van der Waals surface area contributed by atoms with Crippen LogP contribution in [0.25, 0.3) is 10.2 Å². The number of fused-ring (bicyclic) bond motifs is 1. The third kappa shape index (κ3) is 2.81. The number of thiophene rings is 1. The fraction of sp³-hybridized carbons (Fsp3) is 0. The summed E-state index contributed by atoms with van der Waals surface area (Å²) in [4.78, 5) is 17.6. The van der Waals surface area contributed by atoms with Gasteiger partial charge in [-0.15, -0.1) is 11.3 Å². The highest BCUT2D eigenvalue weighted by atomic mass is 35.5. The van der Waals surface area contributed by atoms with Crippen LogP contribution in [0.4, 0.5) is 11.4 Å². The first-order valence-corrected chi connectivity index (χ1v) is 7.52. The third-order valence-electron chi connectivity index (χ3n) is 2.84. The molecule has 106 valence electrons. The molecule has 4 nitrogen and oxygen atoms in total.